The number of nitrogens with zero attached hydrogens (tertiary/aromatic N) is 2. The Morgan fingerprint density at radius 3 is 2.42 bits per heavy atom. The molecule has 0 atom stereocenters. The Labute approximate surface area is 140 Å². The molecule has 0 spiro atoms. The highest BCUT2D eigenvalue weighted by atomic mass is 16.6. The van der Waals surface area contributed by atoms with Crippen molar-refractivity contribution in [2.45, 2.75) is 19.3 Å². The van der Waals surface area contributed by atoms with Gasteiger partial charge in [-0.15, -0.1) is 0 Å². The number of rotatable bonds is 4. The maximum absolute atomic E-state index is 12.2. The van der Waals surface area contributed by atoms with Crippen LogP contribution in [0.15, 0.2) is 48.5 Å². The van der Waals surface area contributed by atoms with E-state index in [1.54, 1.807) is 6.07 Å². The van der Waals surface area contributed by atoms with Gasteiger partial charge in [0, 0.05) is 42.2 Å². The predicted octanol–water partition coefficient (Wildman–Crippen LogP) is 3.84. The van der Waals surface area contributed by atoms with Crippen molar-refractivity contribution in [3.63, 3.8) is 0 Å². The minimum atomic E-state index is -0.510. The van der Waals surface area contributed by atoms with Gasteiger partial charge in [0.2, 0.25) is 0 Å². The summed E-state index contributed by atoms with van der Waals surface area (Å²) >= 11 is 0. The van der Waals surface area contributed by atoms with Crippen molar-refractivity contribution < 1.29 is 9.72 Å². The Morgan fingerprint density at radius 2 is 1.75 bits per heavy atom. The summed E-state index contributed by atoms with van der Waals surface area (Å²) in [5.74, 6) is -0.357. The van der Waals surface area contributed by atoms with Crippen LogP contribution in [0.3, 0.4) is 0 Å². The van der Waals surface area contributed by atoms with E-state index in [0.29, 0.717) is 5.69 Å². The fourth-order valence-electron chi connectivity index (χ4n) is 2.87. The molecule has 2 aromatic carbocycles. The van der Waals surface area contributed by atoms with Crippen LogP contribution in [0.2, 0.25) is 0 Å². The molecule has 1 amide bonds. The van der Waals surface area contributed by atoms with Gasteiger partial charge in [0.15, 0.2) is 0 Å². The Bertz CT molecular complexity index is 737. The number of nitro benzene ring substituents is 1. The molecule has 1 aliphatic rings. The number of anilines is 2. The normalized spacial score (nSPS) is 14.2. The van der Waals surface area contributed by atoms with Crippen molar-refractivity contribution in [2.75, 3.05) is 23.3 Å². The Balaban J connectivity index is 1.68. The zero-order valence-electron chi connectivity index (χ0n) is 13.3. The zero-order valence-corrected chi connectivity index (χ0v) is 13.3. The third kappa shape index (κ3) is 3.71. The molecule has 1 fully saturated rings. The first-order valence-electron chi connectivity index (χ1n) is 8.04. The number of piperidine rings is 1. The second-order valence-electron chi connectivity index (χ2n) is 5.86. The third-order valence-electron chi connectivity index (χ3n) is 4.17. The van der Waals surface area contributed by atoms with Crippen LogP contribution in [-0.4, -0.2) is 23.9 Å². The number of non-ortho nitro benzene ring substituents is 1. The van der Waals surface area contributed by atoms with Gasteiger partial charge in [-0.1, -0.05) is 6.07 Å². The summed E-state index contributed by atoms with van der Waals surface area (Å²) < 4.78 is 0. The number of carbonyl (C=O) groups is 1. The minimum Gasteiger partial charge on any atom is -0.372 e. The summed E-state index contributed by atoms with van der Waals surface area (Å²) in [5.41, 5.74) is 2.00. The zero-order chi connectivity index (χ0) is 16.9. The number of amides is 1. The van der Waals surface area contributed by atoms with Gasteiger partial charge in [-0.2, -0.15) is 0 Å². The summed E-state index contributed by atoms with van der Waals surface area (Å²) in [6.07, 6.45) is 3.71. The van der Waals surface area contributed by atoms with Gasteiger partial charge in [0.25, 0.3) is 11.6 Å². The number of hydrogen-bond acceptors (Lipinski definition) is 4. The van der Waals surface area contributed by atoms with Crippen LogP contribution in [0.1, 0.15) is 29.6 Å². The molecule has 6 heteroatoms. The van der Waals surface area contributed by atoms with Crippen molar-refractivity contribution >= 4 is 23.0 Å². The van der Waals surface area contributed by atoms with E-state index < -0.39 is 4.92 Å². The lowest BCUT2D eigenvalue weighted by molar-refractivity contribution is -0.384. The molecule has 1 heterocycles. The first kappa shape index (κ1) is 16.0. The molecule has 124 valence electrons. The lowest BCUT2D eigenvalue weighted by atomic mass is 10.1. The molecule has 1 saturated heterocycles. The summed E-state index contributed by atoms with van der Waals surface area (Å²) in [5, 5.41) is 13.6. The second kappa shape index (κ2) is 7.12. The van der Waals surface area contributed by atoms with Gasteiger partial charge in [-0.05, 0) is 49.6 Å². The molecule has 3 rings (SSSR count). The highest BCUT2D eigenvalue weighted by molar-refractivity contribution is 6.04. The molecule has 1 N–H and O–H groups in total. The van der Waals surface area contributed by atoms with E-state index in [1.807, 2.05) is 24.3 Å². The monoisotopic (exact) mass is 325 g/mol. The molecule has 0 bridgehead atoms. The van der Waals surface area contributed by atoms with Gasteiger partial charge in [0.1, 0.15) is 0 Å². The summed E-state index contributed by atoms with van der Waals surface area (Å²) in [4.78, 5) is 24.9. The van der Waals surface area contributed by atoms with Crippen LogP contribution in [0.4, 0.5) is 17.1 Å². The molecule has 0 saturated carbocycles. The van der Waals surface area contributed by atoms with E-state index in [-0.39, 0.29) is 17.2 Å². The van der Waals surface area contributed by atoms with Gasteiger partial charge in [0.05, 0.1) is 4.92 Å². The number of nitrogens with one attached hydrogen (secondary N) is 1. The van der Waals surface area contributed by atoms with Crippen LogP contribution in [0.5, 0.6) is 0 Å². The topological polar surface area (TPSA) is 75.5 Å². The van der Waals surface area contributed by atoms with E-state index in [2.05, 4.69) is 10.2 Å². The van der Waals surface area contributed by atoms with Crippen molar-refractivity contribution in [2.24, 2.45) is 0 Å². The Hall–Kier alpha value is -2.89. The molecule has 1 aliphatic heterocycles. The molecule has 24 heavy (non-hydrogen) atoms. The molecule has 0 unspecified atom stereocenters. The Kier molecular flexibility index (Phi) is 4.74. The van der Waals surface area contributed by atoms with Crippen molar-refractivity contribution in [1.82, 2.24) is 0 Å². The summed E-state index contributed by atoms with van der Waals surface area (Å²) in [7, 11) is 0. The lowest BCUT2D eigenvalue weighted by Crippen LogP contribution is -2.29. The first-order chi connectivity index (χ1) is 11.6. The fourth-order valence-corrected chi connectivity index (χ4v) is 2.87. The first-order valence-corrected chi connectivity index (χ1v) is 8.04. The SMILES string of the molecule is O=C(Nc1ccc(N2CCCCC2)cc1)c1cccc([N+](=O)[O-])c1. The minimum absolute atomic E-state index is 0.0944. The second-order valence-corrected chi connectivity index (χ2v) is 5.86. The highest BCUT2D eigenvalue weighted by Crippen LogP contribution is 2.22. The van der Waals surface area contributed by atoms with Crippen LogP contribution in [0, 0.1) is 10.1 Å². The quantitative estimate of drug-likeness (QED) is 0.684. The van der Waals surface area contributed by atoms with Crippen molar-refractivity contribution in [1.29, 1.82) is 0 Å². The summed E-state index contributed by atoms with van der Waals surface area (Å²) in [6, 6.07) is 13.4. The van der Waals surface area contributed by atoms with Gasteiger partial charge in [-0.3, -0.25) is 14.9 Å². The van der Waals surface area contributed by atoms with E-state index in [0.717, 1.165) is 18.8 Å². The molecular formula is C18H19N3O3. The van der Waals surface area contributed by atoms with E-state index in [9.17, 15) is 14.9 Å². The van der Waals surface area contributed by atoms with Gasteiger partial charge < -0.3 is 10.2 Å². The lowest BCUT2D eigenvalue weighted by Gasteiger charge is -2.28. The smallest absolute Gasteiger partial charge is 0.270 e. The van der Waals surface area contributed by atoms with Gasteiger partial charge >= 0.3 is 0 Å². The number of benzene rings is 2. The maximum atomic E-state index is 12.2. The van der Waals surface area contributed by atoms with E-state index >= 15 is 0 Å². The molecule has 2 aromatic rings. The predicted molar refractivity (Wildman–Crippen MR) is 93.6 cm³/mol. The van der Waals surface area contributed by atoms with Crippen LogP contribution >= 0.6 is 0 Å². The number of carbonyl (C=O) groups excluding carboxylic acids is 1. The maximum Gasteiger partial charge on any atom is 0.270 e. The Morgan fingerprint density at radius 1 is 1.04 bits per heavy atom. The largest absolute Gasteiger partial charge is 0.372 e. The van der Waals surface area contributed by atoms with Gasteiger partial charge in [-0.25, -0.2) is 0 Å². The van der Waals surface area contributed by atoms with Crippen molar-refractivity contribution in [3.8, 4) is 0 Å². The van der Waals surface area contributed by atoms with E-state index in [1.165, 1.54) is 37.5 Å². The average Bonchev–Trinajstić information content (AvgIpc) is 2.63. The molecule has 0 aromatic heterocycles. The highest BCUT2D eigenvalue weighted by Gasteiger charge is 2.13. The molecule has 0 aliphatic carbocycles. The molecular weight excluding hydrogens is 306 g/mol. The van der Waals surface area contributed by atoms with Crippen LogP contribution in [-0.2, 0) is 0 Å². The summed E-state index contributed by atoms with van der Waals surface area (Å²) in [6.45, 7) is 2.14. The average molecular weight is 325 g/mol. The standard InChI is InChI=1S/C18H19N3O3/c22-18(14-5-4-6-17(13-14)21(23)24)19-15-7-9-16(10-8-15)20-11-2-1-3-12-20/h4-10,13H,1-3,11-12H2,(H,19,22). The van der Waals surface area contributed by atoms with Crippen LogP contribution < -0.4 is 10.2 Å². The third-order valence-corrected chi connectivity index (χ3v) is 4.17. The molecule has 0 radical (unpaired) electrons. The van der Waals surface area contributed by atoms with E-state index in [4.69, 9.17) is 0 Å². The fraction of sp³-hybridized carbons (Fsp3) is 0.278. The number of nitro groups is 1. The molecule has 6 nitrogen and oxygen atoms in total. The van der Waals surface area contributed by atoms with Crippen molar-refractivity contribution in [3.05, 3.63) is 64.2 Å². The van der Waals surface area contributed by atoms with Crippen LogP contribution in [0.25, 0.3) is 0 Å². The number of hydrogen-bond donors (Lipinski definition) is 1.